The van der Waals surface area contributed by atoms with E-state index in [4.69, 9.17) is 20.9 Å². The third kappa shape index (κ3) is 3.62. The van der Waals surface area contributed by atoms with Gasteiger partial charge in [0.1, 0.15) is 23.8 Å². The second kappa shape index (κ2) is 6.84. The molecule has 0 saturated carbocycles. The molecule has 8 heteroatoms. The maximum absolute atomic E-state index is 13.8. The monoisotopic (exact) mass is 348 g/mol. The molecule has 0 amide bonds. The van der Waals surface area contributed by atoms with Gasteiger partial charge in [-0.25, -0.2) is 9.37 Å². The van der Waals surface area contributed by atoms with E-state index in [1.165, 1.54) is 0 Å². The Bertz CT molecular complexity index is 838. The first kappa shape index (κ1) is 16.2. The standard InChI is InChI=1S/C16H14ClFN4O2/c1-10-7-11(21-24-10)9-23-13-5-3-12(4-6-13)22(2)15-14(18)8-19-16(17)20-15/h3-8H,9H2,1-2H3. The van der Waals surface area contributed by atoms with E-state index in [1.807, 2.05) is 13.0 Å². The first-order valence-corrected chi connectivity index (χ1v) is 7.47. The molecule has 0 radical (unpaired) electrons. The van der Waals surface area contributed by atoms with E-state index in [0.717, 1.165) is 17.6 Å². The number of nitrogens with zero attached hydrogens (tertiary/aromatic N) is 4. The molecule has 0 aliphatic rings. The van der Waals surface area contributed by atoms with Gasteiger partial charge in [0.2, 0.25) is 5.28 Å². The van der Waals surface area contributed by atoms with Crippen LogP contribution in [-0.2, 0) is 6.61 Å². The fraction of sp³-hybridized carbons (Fsp3) is 0.188. The molecule has 124 valence electrons. The number of hydrogen-bond acceptors (Lipinski definition) is 6. The van der Waals surface area contributed by atoms with Crippen molar-refractivity contribution in [2.24, 2.45) is 0 Å². The topological polar surface area (TPSA) is 64.3 Å². The maximum Gasteiger partial charge on any atom is 0.224 e. The van der Waals surface area contributed by atoms with Gasteiger partial charge in [-0.15, -0.1) is 0 Å². The van der Waals surface area contributed by atoms with Crippen LogP contribution < -0.4 is 9.64 Å². The Hall–Kier alpha value is -2.67. The predicted molar refractivity (Wildman–Crippen MR) is 87.1 cm³/mol. The minimum Gasteiger partial charge on any atom is -0.487 e. The zero-order valence-corrected chi connectivity index (χ0v) is 13.8. The van der Waals surface area contributed by atoms with Gasteiger partial charge in [0.25, 0.3) is 0 Å². The summed E-state index contributed by atoms with van der Waals surface area (Å²) in [5.74, 6) is 0.940. The summed E-state index contributed by atoms with van der Waals surface area (Å²) in [6.45, 7) is 2.13. The highest BCUT2D eigenvalue weighted by Gasteiger charge is 2.13. The maximum atomic E-state index is 13.8. The molecule has 0 unspecified atom stereocenters. The number of rotatable bonds is 5. The van der Waals surface area contributed by atoms with Gasteiger partial charge in [-0.2, -0.15) is 4.98 Å². The third-order valence-corrected chi connectivity index (χ3v) is 3.48. The van der Waals surface area contributed by atoms with E-state index in [9.17, 15) is 4.39 Å². The zero-order chi connectivity index (χ0) is 17.1. The highest BCUT2D eigenvalue weighted by molar-refractivity contribution is 6.28. The van der Waals surface area contributed by atoms with Crippen molar-refractivity contribution in [3.05, 3.63) is 59.1 Å². The molecule has 0 saturated heterocycles. The largest absolute Gasteiger partial charge is 0.487 e. The highest BCUT2D eigenvalue weighted by Crippen LogP contribution is 2.26. The third-order valence-electron chi connectivity index (χ3n) is 3.30. The molecule has 3 rings (SSSR count). The molecule has 2 heterocycles. The summed E-state index contributed by atoms with van der Waals surface area (Å²) >= 11 is 5.73. The van der Waals surface area contributed by atoms with Crippen LogP contribution in [0.25, 0.3) is 0 Å². The summed E-state index contributed by atoms with van der Waals surface area (Å²) in [5, 5.41) is 3.84. The van der Waals surface area contributed by atoms with Crippen LogP contribution in [0.5, 0.6) is 5.75 Å². The molecule has 0 aliphatic carbocycles. The van der Waals surface area contributed by atoms with Crippen LogP contribution in [0.2, 0.25) is 5.28 Å². The Morgan fingerprint density at radius 2 is 2.04 bits per heavy atom. The Morgan fingerprint density at radius 1 is 1.29 bits per heavy atom. The Morgan fingerprint density at radius 3 is 2.71 bits per heavy atom. The van der Waals surface area contributed by atoms with Crippen molar-refractivity contribution in [3.8, 4) is 5.75 Å². The van der Waals surface area contributed by atoms with Crippen LogP contribution in [0, 0.1) is 12.7 Å². The number of benzene rings is 1. The zero-order valence-electron chi connectivity index (χ0n) is 13.0. The van der Waals surface area contributed by atoms with Crippen LogP contribution in [0.15, 0.2) is 41.1 Å². The molecule has 6 nitrogen and oxygen atoms in total. The van der Waals surface area contributed by atoms with E-state index in [0.29, 0.717) is 18.1 Å². The number of aryl methyl sites for hydroxylation is 1. The second-order valence-electron chi connectivity index (χ2n) is 5.08. The molecule has 0 aliphatic heterocycles. The lowest BCUT2D eigenvalue weighted by Gasteiger charge is -2.19. The quantitative estimate of drug-likeness (QED) is 0.651. The normalized spacial score (nSPS) is 10.7. The van der Waals surface area contributed by atoms with Gasteiger partial charge in [-0.1, -0.05) is 5.16 Å². The molecule has 0 atom stereocenters. The second-order valence-corrected chi connectivity index (χ2v) is 5.42. The predicted octanol–water partition coefficient (Wildman–Crippen LogP) is 3.91. The smallest absolute Gasteiger partial charge is 0.224 e. The molecule has 3 aromatic rings. The van der Waals surface area contributed by atoms with E-state index < -0.39 is 5.82 Å². The van der Waals surface area contributed by atoms with Crippen molar-refractivity contribution in [2.45, 2.75) is 13.5 Å². The first-order valence-electron chi connectivity index (χ1n) is 7.10. The molecule has 0 N–H and O–H groups in total. The fourth-order valence-electron chi connectivity index (χ4n) is 2.10. The summed E-state index contributed by atoms with van der Waals surface area (Å²) in [6.07, 6.45) is 1.04. The molecule has 0 bridgehead atoms. The van der Waals surface area contributed by atoms with Gasteiger partial charge in [-0.3, -0.25) is 0 Å². The summed E-state index contributed by atoms with van der Waals surface area (Å²) in [7, 11) is 1.69. The molecule has 24 heavy (non-hydrogen) atoms. The summed E-state index contributed by atoms with van der Waals surface area (Å²) < 4.78 is 24.4. The number of halogens is 2. The molecular weight excluding hydrogens is 335 g/mol. The lowest BCUT2D eigenvalue weighted by atomic mass is 10.2. The van der Waals surface area contributed by atoms with Crippen molar-refractivity contribution in [1.29, 1.82) is 0 Å². The number of aromatic nitrogens is 3. The van der Waals surface area contributed by atoms with Crippen molar-refractivity contribution in [2.75, 3.05) is 11.9 Å². The van der Waals surface area contributed by atoms with Crippen LogP contribution in [0.3, 0.4) is 0 Å². The number of hydrogen-bond donors (Lipinski definition) is 0. The lowest BCUT2D eigenvalue weighted by molar-refractivity contribution is 0.288. The van der Waals surface area contributed by atoms with Gasteiger partial charge < -0.3 is 14.2 Å². The van der Waals surface area contributed by atoms with E-state index >= 15 is 0 Å². The van der Waals surface area contributed by atoms with Crippen molar-refractivity contribution >= 4 is 23.1 Å². The Labute approximate surface area is 142 Å². The highest BCUT2D eigenvalue weighted by atomic mass is 35.5. The molecule has 0 spiro atoms. The van der Waals surface area contributed by atoms with E-state index in [-0.39, 0.29) is 11.1 Å². The summed E-state index contributed by atoms with van der Waals surface area (Å²) in [4.78, 5) is 9.09. The van der Waals surface area contributed by atoms with Crippen LogP contribution in [0.4, 0.5) is 15.9 Å². The molecule has 2 aromatic heterocycles. The summed E-state index contributed by atoms with van der Waals surface area (Å²) in [6, 6.07) is 8.94. The number of ether oxygens (including phenoxy) is 1. The Balaban J connectivity index is 1.70. The van der Waals surface area contributed by atoms with Gasteiger partial charge in [-0.05, 0) is 42.8 Å². The fourth-order valence-corrected chi connectivity index (χ4v) is 2.23. The molecular formula is C16H14ClFN4O2. The molecule has 1 aromatic carbocycles. The van der Waals surface area contributed by atoms with Gasteiger partial charge in [0, 0.05) is 18.8 Å². The number of anilines is 2. The van der Waals surface area contributed by atoms with Crippen molar-refractivity contribution < 1.29 is 13.7 Å². The SMILES string of the molecule is Cc1cc(COc2ccc(N(C)c3nc(Cl)ncc3F)cc2)no1. The van der Waals surface area contributed by atoms with Crippen LogP contribution >= 0.6 is 11.6 Å². The minimum absolute atomic E-state index is 0.0129. The van der Waals surface area contributed by atoms with Crippen LogP contribution in [-0.4, -0.2) is 22.2 Å². The lowest BCUT2D eigenvalue weighted by Crippen LogP contribution is -2.13. The van der Waals surface area contributed by atoms with E-state index in [1.54, 1.807) is 36.2 Å². The van der Waals surface area contributed by atoms with Crippen molar-refractivity contribution in [3.63, 3.8) is 0 Å². The van der Waals surface area contributed by atoms with E-state index in [2.05, 4.69) is 15.1 Å². The Kier molecular flexibility index (Phi) is 4.61. The molecule has 0 fully saturated rings. The average Bonchev–Trinajstić information content (AvgIpc) is 3.00. The summed E-state index contributed by atoms with van der Waals surface area (Å²) in [5.41, 5.74) is 1.44. The first-order chi connectivity index (χ1) is 11.5. The van der Waals surface area contributed by atoms with Gasteiger partial charge in [0.15, 0.2) is 11.6 Å². The van der Waals surface area contributed by atoms with Gasteiger partial charge in [0.05, 0.1) is 6.20 Å². The van der Waals surface area contributed by atoms with Crippen molar-refractivity contribution in [1.82, 2.24) is 15.1 Å². The average molecular weight is 349 g/mol. The minimum atomic E-state index is -0.552. The van der Waals surface area contributed by atoms with Crippen LogP contribution in [0.1, 0.15) is 11.5 Å². The van der Waals surface area contributed by atoms with Gasteiger partial charge >= 0.3 is 0 Å².